The molecule has 1 aliphatic heterocycles. The number of halogens is 1. The van der Waals surface area contributed by atoms with Gasteiger partial charge in [-0.3, -0.25) is 9.59 Å². The Morgan fingerprint density at radius 3 is 2.33 bits per heavy atom. The summed E-state index contributed by atoms with van der Waals surface area (Å²) >= 11 is 0. The van der Waals surface area contributed by atoms with Crippen LogP contribution in [0.4, 0.5) is 4.39 Å². The summed E-state index contributed by atoms with van der Waals surface area (Å²) in [6.07, 6.45) is 0. The van der Waals surface area contributed by atoms with Gasteiger partial charge < -0.3 is 29.1 Å². The number of amides is 1. The first kappa shape index (κ1) is 24.1. The third kappa shape index (κ3) is 4.49. The van der Waals surface area contributed by atoms with Gasteiger partial charge in [-0.05, 0) is 38.4 Å². The van der Waals surface area contributed by atoms with E-state index in [0.717, 1.165) is 6.07 Å². The molecule has 0 saturated carbocycles. The molecule has 0 spiro atoms. The van der Waals surface area contributed by atoms with Gasteiger partial charge in [-0.2, -0.15) is 0 Å². The van der Waals surface area contributed by atoms with E-state index in [1.165, 1.54) is 38.4 Å². The third-order valence-electron chi connectivity index (χ3n) is 5.48. The number of methoxy groups -OCH3 is 3. The summed E-state index contributed by atoms with van der Waals surface area (Å²) in [7, 11) is 7.94. The highest BCUT2D eigenvalue weighted by atomic mass is 19.1. The Labute approximate surface area is 191 Å². The Hall–Kier alpha value is -3.59. The number of likely N-dealkylation sites (N-methyl/N-ethyl adjacent to an activating group) is 1. The second kappa shape index (κ2) is 9.91. The average Bonchev–Trinajstić information content (AvgIpc) is 3.06. The van der Waals surface area contributed by atoms with Gasteiger partial charge in [-0.25, -0.2) is 4.39 Å². The molecule has 3 rings (SSSR count). The van der Waals surface area contributed by atoms with Crippen LogP contribution < -0.4 is 14.2 Å². The second-order valence-corrected chi connectivity index (χ2v) is 7.73. The summed E-state index contributed by atoms with van der Waals surface area (Å²) in [5.41, 5.74) is 0.353. The zero-order valence-electron chi connectivity index (χ0n) is 19.2. The molecule has 33 heavy (non-hydrogen) atoms. The number of rotatable bonds is 8. The van der Waals surface area contributed by atoms with E-state index in [2.05, 4.69) is 0 Å². The Bertz CT molecular complexity index is 1100. The number of ether oxygens (including phenoxy) is 3. The molecule has 0 bridgehead atoms. The van der Waals surface area contributed by atoms with Crippen molar-refractivity contribution in [2.24, 2.45) is 0 Å². The quantitative estimate of drug-likeness (QED) is 0.370. The van der Waals surface area contributed by atoms with Crippen molar-refractivity contribution >= 4 is 17.4 Å². The number of ketones is 1. The number of hydrogen-bond acceptors (Lipinski definition) is 7. The number of Topliss-reactive ketones (excluding diaryl/α,β-unsaturated/α-hetero) is 1. The van der Waals surface area contributed by atoms with E-state index in [4.69, 9.17) is 14.2 Å². The molecular formula is C24H27FN2O6. The van der Waals surface area contributed by atoms with Crippen LogP contribution in [0.15, 0.2) is 42.0 Å². The highest BCUT2D eigenvalue weighted by molar-refractivity contribution is 6.46. The summed E-state index contributed by atoms with van der Waals surface area (Å²) in [6, 6.07) is 7.95. The molecule has 1 heterocycles. The molecule has 1 aliphatic rings. The predicted molar refractivity (Wildman–Crippen MR) is 120 cm³/mol. The maximum absolute atomic E-state index is 14.3. The van der Waals surface area contributed by atoms with Gasteiger partial charge in [0.15, 0.2) is 23.1 Å². The van der Waals surface area contributed by atoms with Crippen LogP contribution in [0.1, 0.15) is 17.2 Å². The first-order valence-electron chi connectivity index (χ1n) is 10.2. The Balaban J connectivity index is 2.25. The van der Waals surface area contributed by atoms with E-state index in [1.807, 2.05) is 19.0 Å². The Kier molecular flexibility index (Phi) is 7.23. The van der Waals surface area contributed by atoms with Crippen molar-refractivity contribution < 1.29 is 33.3 Å². The van der Waals surface area contributed by atoms with Crippen molar-refractivity contribution in [3.63, 3.8) is 0 Å². The minimum Gasteiger partial charge on any atom is -0.507 e. The summed E-state index contributed by atoms with van der Waals surface area (Å²) < 4.78 is 30.2. The van der Waals surface area contributed by atoms with Crippen LogP contribution in [-0.2, 0) is 9.59 Å². The summed E-state index contributed by atoms with van der Waals surface area (Å²) in [5.74, 6) is -2.10. The molecule has 2 aromatic rings. The minimum absolute atomic E-state index is 0.0102. The van der Waals surface area contributed by atoms with Crippen molar-refractivity contribution in [2.45, 2.75) is 6.04 Å². The number of likely N-dealkylation sites (tertiary alicyclic amines) is 1. The van der Waals surface area contributed by atoms with Crippen LogP contribution in [-0.4, -0.2) is 75.1 Å². The molecular weight excluding hydrogens is 431 g/mol. The van der Waals surface area contributed by atoms with Gasteiger partial charge in [0.1, 0.15) is 5.76 Å². The fraction of sp³-hybridized carbons (Fsp3) is 0.333. The number of aliphatic hydroxyl groups is 1. The molecule has 1 atom stereocenters. The van der Waals surface area contributed by atoms with Gasteiger partial charge >= 0.3 is 0 Å². The predicted octanol–water partition coefficient (Wildman–Crippen LogP) is 2.83. The lowest BCUT2D eigenvalue weighted by molar-refractivity contribution is -0.140. The number of hydrogen-bond donors (Lipinski definition) is 1. The highest BCUT2D eigenvalue weighted by Gasteiger charge is 2.47. The Morgan fingerprint density at radius 1 is 1.06 bits per heavy atom. The number of carbonyl (C=O) groups is 2. The standard InChI is InChI=1S/C24H27FN2O6/c1-26(2)11-12-27-20(15-7-6-8-18(32-4)23(15)33-5)19(22(29)24(27)30)21(28)14-9-10-17(31-3)16(25)13-14/h6-10,13,20,28H,11-12H2,1-5H3/b21-19+/t20-/m0/s1. The van der Waals surface area contributed by atoms with Crippen LogP contribution in [0.3, 0.4) is 0 Å². The molecule has 2 aromatic carbocycles. The molecule has 1 N–H and O–H groups in total. The summed E-state index contributed by atoms with van der Waals surface area (Å²) in [5, 5.41) is 11.1. The molecule has 8 nitrogen and oxygen atoms in total. The highest BCUT2D eigenvalue weighted by Crippen LogP contribution is 2.45. The molecule has 1 fully saturated rings. The van der Waals surface area contributed by atoms with Crippen molar-refractivity contribution in [2.75, 3.05) is 48.5 Å². The number of nitrogens with zero attached hydrogens (tertiary/aromatic N) is 2. The van der Waals surface area contributed by atoms with Crippen molar-refractivity contribution in [1.82, 2.24) is 9.80 Å². The van der Waals surface area contributed by atoms with Crippen LogP contribution in [0.2, 0.25) is 0 Å². The lowest BCUT2D eigenvalue weighted by Gasteiger charge is -2.28. The van der Waals surface area contributed by atoms with Crippen LogP contribution in [0, 0.1) is 5.82 Å². The molecule has 0 unspecified atom stereocenters. The van der Waals surface area contributed by atoms with Gasteiger partial charge in [0.25, 0.3) is 11.7 Å². The van der Waals surface area contributed by atoms with E-state index in [0.29, 0.717) is 23.6 Å². The van der Waals surface area contributed by atoms with E-state index in [-0.39, 0.29) is 23.4 Å². The monoisotopic (exact) mass is 458 g/mol. The number of para-hydroxylation sites is 1. The van der Waals surface area contributed by atoms with Gasteiger partial charge in [0.05, 0.1) is 32.9 Å². The fourth-order valence-corrected chi connectivity index (χ4v) is 3.84. The number of carbonyl (C=O) groups excluding carboxylic acids is 2. The van der Waals surface area contributed by atoms with Crippen molar-refractivity contribution in [1.29, 1.82) is 0 Å². The smallest absolute Gasteiger partial charge is 0.295 e. The normalized spacial score (nSPS) is 17.5. The minimum atomic E-state index is -0.958. The SMILES string of the molecule is COc1ccc(/C(O)=C2\C(=O)C(=O)N(CCN(C)C)[C@H]2c2cccc(OC)c2OC)cc1F. The molecule has 0 aromatic heterocycles. The lowest BCUT2D eigenvalue weighted by Crippen LogP contribution is -2.35. The fourth-order valence-electron chi connectivity index (χ4n) is 3.84. The van der Waals surface area contributed by atoms with Crippen LogP contribution in [0.25, 0.3) is 5.76 Å². The number of benzene rings is 2. The third-order valence-corrected chi connectivity index (χ3v) is 5.48. The van der Waals surface area contributed by atoms with Crippen molar-refractivity contribution in [3.8, 4) is 17.2 Å². The van der Waals surface area contributed by atoms with E-state index < -0.39 is 29.3 Å². The van der Waals surface area contributed by atoms with E-state index >= 15 is 0 Å². The van der Waals surface area contributed by atoms with Crippen LogP contribution >= 0.6 is 0 Å². The summed E-state index contributed by atoms with van der Waals surface area (Å²) in [6.45, 7) is 0.698. The maximum atomic E-state index is 14.3. The zero-order chi connectivity index (χ0) is 24.3. The molecule has 0 radical (unpaired) electrons. The van der Waals surface area contributed by atoms with Gasteiger partial charge in [0.2, 0.25) is 0 Å². The first-order chi connectivity index (χ1) is 15.7. The van der Waals surface area contributed by atoms with Gasteiger partial charge in [-0.15, -0.1) is 0 Å². The summed E-state index contributed by atoms with van der Waals surface area (Å²) in [4.78, 5) is 29.4. The molecule has 9 heteroatoms. The molecule has 0 aliphatic carbocycles. The number of aliphatic hydroxyl groups excluding tert-OH is 1. The topological polar surface area (TPSA) is 88.5 Å². The molecule has 1 amide bonds. The lowest BCUT2D eigenvalue weighted by atomic mass is 9.94. The average molecular weight is 458 g/mol. The Morgan fingerprint density at radius 2 is 1.76 bits per heavy atom. The second-order valence-electron chi connectivity index (χ2n) is 7.73. The largest absolute Gasteiger partial charge is 0.507 e. The van der Waals surface area contributed by atoms with E-state index in [1.54, 1.807) is 18.2 Å². The van der Waals surface area contributed by atoms with Crippen molar-refractivity contribution in [3.05, 3.63) is 58.9 Å². The van der Waals surface area contributed by atoms with Gasteiger partial charge in [0, 0.05) is 24.2 Å². The van der Waals surface area contributed by atoms with Crippen LogP contribution in [0.5, 0.6) is 17.2 Å². The maximum Gasteiger partial charge on any atom is 0.295 e. The van der Waals surface area contributed by atoms with Gasteiger partial charge in [-0.1, -0.05) is 12.1 Å². The van der Waals surface area contributed by atoms with E-state index in [9.17, 15) is 19.1 Å². The molecule has 176 valence electrons. The zero-order valence-corrected chi connectivity index (χ0v) is 19.2. The first-order valence-corrected chi connectivity index (χ1v) is 10.2. The molecule has 1 saturated heterocycles.